The standard InChI is InChI=1S/C28H46O5/c1-16(2)7-8-24(31)27(6,32)23-10-12-28(33)19-13-22(30)20-14-21(29)17(3)15-25(20,4)18(19)9-11-26(23,28)5/h13,16-18,20-21,23-24,29,31-33H,7-12,14-15H2,1-6H3/t17-,18-,20-,21+,23-,24+,25+,26+,27+,28+/m0/s1. The van der Waals surface area contributed by atoms with Crippen LogP contribution in [0.2, 0.25) is 0 Å². The lowest BCUT2D eigenvalue weighted by atomic mass is 9.45. The van der Waals surface area contributed by atoms with Crippen molar-refractivity contribution < 1.29 is 25.2 Å². The van der Waals surface area contributed by atoms with Gasteiger partial charge in [0, 0.05) is 11.3 Å². The van der Waals surface area contributed by atoms with Crippen molar-refractivity contribution in [3.63, 3.8) is 0 Å². The third-order valence-electron chi connectivity index (χ3n) is 10.8. The van der Waals surface area contributed by atoms with Crippen molar-refractivity contribution in [3.8, 4) is 0 Å². The van der Waals surface area contributed by atoms with Crippen LogP contribution in [0.4, 0.5) is 0 Å². The van der Waals surface area contributed by atoms with Crippen molar-refractivity contribution >= 4 is 5.78 Å². The lowest BCUT2D eigenvalue weighted by molar-refractivity contribution is -0.173. The van der Waals surface area contributed by atoms with E-state index in [9.17, 15) is 25.2 Å². The van der Waals surface area contributed by atoms with E-state index < -0.39 is 28.8 Å². The number of aliphatic hydroxyl groups excluding tert-OH is 2. The SMILES string of the molecule is CC(C)CC[C@@H](O)[C@](C)(O)[C@H]1CC[C@@]2(O)C3=CC(=O)[C@@H]4C[C@@H](O)[C@@H](C)C[C@]4(C)[C@H]3CC[C@]12C. The molecule has 0 unspecified atom stereocenters. The molecule has 4 aliphatic carbocycles. The summed E-state index contributed by atoms with van der Waals surface area (Å²) in [5.41, 5.74) is -2.44. The number of carbonyl (C=O) groups is 1. The summed E-state index contributed by atoms with van der Waals surface area (Å²) in [4.78, 5) is 13.3. The summed E-state index contributed by atoms with van der Waals surface area (Å²) in [5.74, 6) is 0.303. The zero-order valence-corrected chi connectivity index (χ0v) is 21.5. The Labute approximate surface area is 199 Å². The van der Waals surface area contributed by atoms with Crippen LogP contribution in [0.25, 0.3) is 0 Å². The van der Waals surface area contributed by atoms with Crippen molar-refractivity contribution in [3.05, 3.63) is 11.6 Å². The maximum atomic E-state index is 13.3. The Morgan fingerprint density at radius 2 is 1.82 bits per heavy atom. The molecule has 0 aliphatic heterocycles. The van der Waals surface area contributed by atoms with Gasteiger partial charge < -0.3 is 20.4 Å². The van der Waals surface area contributed by atoms with E-state index >= 15 is 0 Å². The van der Waals surface area contributed by atoms with Gasteiger partial charge in [-0.1, -0.05) is 34.6 Å². The summed E-state index contributed by atoms with van der Waals surface area (Å²) in [6.07, 6.45) is 5.87. The van der Waals surface area contributed by atoms with Crippen molar-refractivity contribution in [1.29, 1.82) is 0 Å². The molecule has 4 N–H and O–H groups in total. The Morgan fingerprint density at radius 3 is 2.45 bits per heavy atom. The molecule has 0 spiro atoms. The predicted octanol–water partition coefficient (Wildman–Crippen LogP) is 4.01. The first-order valence-corrected chi connectivity index (χ1v) is 13.2. The average molecular weight is 463 g/mol. The molecule has 0 saturated heterocycles. The van der Waals surface area contributed by atoms with Crippen LogP contribution in [0.5, 0.6) is 0 Å². The van der Waals surface area contributed by atoms with Gasteiger partial charge in [-0.05, 0) is 99.0 Å². The van der Waals surface area contributed by atoms with Crippen LogP contribution in [0.1, 0.15) is 92.9 Å². The molecule has 0 bridgehead atoms. The second kappa shape index (κ2) is 8.15. The lowest BCUT2D eigenvalue weighted by Gasteiger charge is -2.61. The minimum absolute atomic E-state index is 0.0413. The highest BCUT2D eigenvalue weighted by molar-refractivity contribution is 5.95. The van der Waals surface area contributed by atoms with Crippen LogP contribution in [0.3, 0.4) is 0 Å². The van der Waals surface area contributed by atoms with E-state index in [0.29, 0.717) is 31.6 Å². The van der Waals surface area contributed by atoms with Crippen LogP contribution in [-0.4, -0.2) is 49.6 Å². The summed E-state index contributed by atoms with van der Waals surface area (Å²) >= 11 is 0. The van der Waals surface area contributed by atoms with E-state index in [4.69, 9.17) is 0 Å². The Kier molecular flexibility index (Phi) is 6.26. The molecule has 4 rings (SSSR count). The summed E-state index contributed by atoms with van der Waals surface area (Å²) in [7, 11) is 0. The van der Waals surface area contributed by atoms with Crippen LogP contribution in [0.15, 0.2) is 11.6 Å². The van der Waals surface area contributed by atoms with E-state index in [1.807, 2.05) is 0 Å². The fourth-order valence-electron chi connectivity index (χ4n) is 8.64. The Bertz CT molecular complexity index is 817. The number of rotatable bonds is 5. The lowest BCUT2D eigenvalue weighted by Crippen LogP contribution is -2.62. The quantitative estimate of drug-likeness (QED) is 0.495. The van der Waals surface area contributed by atoms with Gasteiger partial charge in [-0.2, -0.15) is 0 Å². The van der Waals surface area contributed by atoms with Crippen LogP contribution < -0.4 is 0 Å². The molecular formula is C28H46O5. The molecule has 0 amide bonds. The number of carbonyl (C=O) groups excluding carboxylic acids is 1. The zero-order valence-electron chi connectivity index (χ0n) is 21.5. The number of allylic oxidation sites excluding steroid dienone is 1. The predicted molar refractivity (Wildman–Crippen MR) is 128 cm³/mol. The zero-order chi connectivity index (χ0) is 24.6. The van der Waals surface area contributed by atoms with Crippen LogP contribution in [-0.2, 0) is 4.79 Å². The third-order valence-corrected chi connectivity index (χ3v) is 10.8. The summed E-state index contributed by atoms with van der Waals surface area (Å²) in [6, 6.07) is 0. The molecule has 0 heterocycles. The molecule has 0 aromatic carbocycles. The van der Waals surface area contributed by atoms with Gasteiger partial charge in [0.2, 0.25) is 0 Å². The van der Waals surface area contributed by atoms with E-state index in [-0.39, 0.29) is 34.9 Å². The number of hydrogen-bond donors (Lipinski definition) is 4. The Hall–Kier alpha value is -0.750. The molecule has 33 heavy (non-hydrogen) atoms. The Morgan fingerprint density at radius 1 is 1.15 bits per heavy atom. The van der Waals surface area contributed by atoms with Crippen LogP contribution in [0, 0.1) is 40.4 Å². The minimum Gasteiger partial charge on any atom is -0.393 e. The normalized spacial score (nSPS) is 47.9. The average Bonchev–Trinajstić information content (AvgIpc) is 3.00. The monoisotopic (exact) mass is 462 g/mol. The molecule has 3 saturated carbocycles. The number of fused-ring (bicyclic) bond motifs is 5. The fraction of sp³-hybridized carbons (Fsp3) is 0.893. The molecule has 0 aromatic rings. The van der Waals surface area contributed by atoms with Gasteiger partial charge in [0.05, 0.1) is 23.4 Å². The second-order valence-corrected chi connectivity index (χ2v) is 13.2. The molecule has 5 nitrogen and oxygen atoms in total. The molecule has 0 aromatic heterocycles. The second-order valence-electron chi connectivity index (χ2n) is 13.2. The van der Waals surface area contributed by atoms with E-state index in [0.717, 1.165) is 31.3 Å². The molecular weight excluding hydrogens is 416 g/mol. The van der Waals surface area contributed by atoms with Crippen molar-refractivity contribution in [1.82, 2.24) is 0 Å². The highest BCUT2D eigenvalue weighted by atomic mass is 16.3. The van der Waals surface area contributed by atoms with Crippen molar-refractivity contribution in [2.24, 2.45) is 40.4 Å². The summed E-state index contributed by atoms with van der Waals surface area (Å²) < 4.78 is 0. The highest BCUT2D eigenvalue weighted by Gasteiger charge is 2.68. The van der Waals surface area contributed by atoms with Gasteiger partial charge in [-0.15, -0.1) is 0 Å². The molecule has 4 aliphatic rings. The van der Waals surface area contributed by atoms with Crippen LogP contribution >= 0.6 is 0 Å². The topological polar surface area (TPSA) is 98.0 Å². The summed E-state index contributed by atoms with van der Waals surface area (Å²) in [5, 5.41) is 45.3. The van der Waals surface area contributed by atoms with E-state index in [2.05, 4.69) is 34.6 Å². The van der Waals surface area contributed by atoms with E-state index in [1.54, 1.807) is 13.0 Å². The first-order chi connectivity index (χ1) is 15.2. The van der Waals surface area contributed by atoms with Gasteiger partial charge in [0.1, 0.15) is 0 Å². The summed E-state index contributed by atoms with van der Waals surface area (Å²) in [6.45, 7) is 12.3. The Balaban J connectivity index is 1.68. The van der Waals surface area contributed by atoms with Gasteiger partial charge >= 0.3 is 0 Å². The smallest absolute Gasteiger partial charge is 0.159 e. The highest BCUT2D eigenvalue weighted by Crippen LogP contribution is 2.68. The number of ketones is 1. The molecule has 10 atom stereocenters. The maximum absolute atomic E-state index is 13.3. The van der Waals surface area contributed by atoms with Crippen molar-refractivity contribution in [2.45, 2.75) is 116 Å². The minimum atomic E-state index is -1.30. The molecule has 0 radical (unpaired) electrons. The van der Waals surface area contributed by atoms with Crippen molar-refractivity contribution in [2.75, 3.05) is 0 Å². The largest absolute Gasteiger partial charge is 0.393 e. The molecule has 3 fully saturated rings. The maximum Gasteiger partial charge on any atom is 0.159 e. The third kappa shape index (κ3) is 3.59. The van der Waals surface area contributed by atoms with Gasteiger partial charge in [-0.3, -0.25) is 4.79 Å². The van der Waals surface area contributed by atoms with Gasteiger partial charge in [0.15, 0.2) is 5.78 Å². The first kappa shape index (κ1) is 25.3. The first-order valence-electron chi connectivity index (χ1n) is 13.2. The number of aliphatic hydroxyl groups is 4. The fourth-order valence-corrected chi connectivity index (χ4v) is 8.64. The molecule has 5 heteroatoms. The van der Waals surface area contributed by atoms with Gasteiger partial charge in [-0.25, -0.2) is 0 Å². The van der Waals surface area contributed by atoms with E-state index in [1.165, 1.54) is 0 Å². The molecule has 188 valence electrons. The van der Waals surface area contributed by atoms with Gasteiger partial charge in [0.25, 0.3) is 0 Å². The number of hydrogen-bond acceptors (Lipinski definition) is 5.